The molecule has 6 rings (SSSR count). The van der Waals surface area contributed by atoms with Gasteiger partial charge in [0.15, 0.2) is 9.84 Å². The number of nitrogens with zero attached hydrogens (tertiary/aromatic N) is 2. The number of ether oxygens (including phenoxy) is 1. The van der Waals surface area contributed by atoms with Crippen LogP contribution in [0.4, 0.5) is 14.5 Å². The minimum Gasteiger partial charge on any atom is -0.506 e. The number of aromatic hydroxyl groups is 1. The third kappa shape index (κ3) is 5.09. The summed E-state index contributed by atoms with van der Waals surface area (Å²) in [4.78, 5) is 18.2. The van der Waals surface area contributed by atoms with Crippen LogP contribution in [0.1, 0.15) is 16.7 Å². The fourth-order valence-corrected chi connectivity index (χ4v) is 6.29. The van der Waals surface area contributed by atoms with E-state index in [1.54, 1.807) is 6.07 Å². The number of hydrogen-bond acceptors (Lipinski definition) is 6. The van der Waals surface area contributed by atoms with Gasteiger partial charge in [0, 0.05) is 11.5 Å². The van der Waals surface area contributed by atoms with Crippen molar-refractivity contribution < 1.29 is 27.0 Å². The summed E-state index contributed by atoms with van der Waals surface area (Å²) < 4.78 is 61.6. The molecule has 5 aromatic rings. The molecule has 1 N–H and O–H groups in total. The zero-order chi connectivity index (χ0) is 28.7. The predicted octanol–water partition coefficient (Wildman–Crippen LogP) is 5.52. The van der Waals surface area contributed by atoms with Crippen LogP contribution in [0.3, 0.4) is 0 Å². The van der Waals surface area contributed by atoms with Gasteiger partial charge in [-0.2, -0.15) is 0 Å². The molecule has 2 heterocycles. The largest absolute Gasteiger partial charge is 0.506 e. The van der Waals surface area contributed by atoms with Gasteiger partial charge >= 0.3 is 0 Å². The topological polar surface area (TPSA) is 98.0 Å². The summed E-state index contributed by atoms with van der Waals surface area (Å²) >= 11 is 0. The lowest BCUT2D eigenvalue weighted by Crippen LogP contribution is -2.32. The maximum Gasteiger partial charge on any atom is 0.264 e. The highest BCUT2D eigenvalue weighted by atomic mass is 32.2. The molecule has 0 fully saturated rings. The average Bonchev–Trinajstić information content (AvgIpc) is 2.96. The van der Waals surface area contributed by atoms with Crippen molar-refractivity contribution in [2.24, 2.45) is 4.99 Å². The van der Waals surface area contributed by atoms with Crippen LogP contribution < -0.4 is 10.3 Å². The van der Waals surface area contributed by atoms with Gasteiger partial charge in [-0.05, 0) is 53.6 Å². The van der Waals surface area contributed by atoms with E-state index >= 15 is 0 Å². The highest BCUT2D eigenvalue weighted by molar-refractivity contribution is 7.92. The van der Waals surface area contributed by atoms with E-state index in [0.717, 1.165) is 17.7 Å². The van der Waals surface area contributed by atoms with E-state index in [1.165, 1.54) is 47.0 Å². The third-order valence-corrected chi connectivity index (χ3v) is 8.49. The Balaban J connectivity index is 1.45. The normalized spacial score (nSPS) is 14.0. The Hall–Kier alpha value is -4.83. The van der Waals surface area contributed by atoms with Crippen molar-refractivity contribution in [2.45, 2.75) is 18.0 Å². The standard InChI is InChI=1S/C31H22F2N2O5S/c32-21-8-6-19(7-9-21)16-35-27-13-10-22(33)14-24(27)30(36)29(31(35)37)26-18-41(38,39)28-15-23(11-12-25(28)34-26)40-17-20-4-2-1-3-5-20/h1-15,36H,16-18H2. The molecule has 0 aliphatic carbocycles. The molecule has 0 saturated heterocycles. The number of aromatic nitrogens is 1. The van der Waals surface area contributed by atoms with E-state index in [2.05, 4.69) is 4.99 Å². The summed E-state index contributed by atoms with van der Waals surface area (Å²) in [5, 5.41) is 11.2. The molecule has 206 valence electrons. The van der Waals surface area contributed by atoms with Gasteiger partial charge in [0.05, 0.1) is 34.1 Å². The first kappa shape index (κ1) is 26.4. The van der Waals surface area contributed by atoms with Gasteiger partial charge in [-0.3, -0.25) is 9.79 Å². The Kier molecular flexibility index (Phi) is 6.63. The van der Waals surface area contributed by atoms with E-state index in [1.807, 2.05) is 30.3 Å². The molecule has 41 heavy (non-hydrogen) atoms. The van der Waals surface area contributed by atoms with Crippen molar-refractivity contribution in [3.8, 4) is 11.5 Å². The lowest BCUT2D eigenvalue weighted by Gasteiger charge is -2.20. The van der Waals surface area contributed by atoms with Crippen molar-refractivity contribution in [1.82, 2.24) is 4.57 Å². The molecular formula is C31H22F2N2O5S. The number of halogens is 2. The first-order valence-electron chi connectivity index (χ1n) is 12.6. The zero-order valence-electron chi connectivity index (χ0n) is 21.4. The molecule has 0 saturated carbocycles. The quantitative estimate of drug-likeness (QED) is 0.289. The molecule has 0 bridgehead atoms. The Morgan fingerprint density at radius 3 is 2.37 bits per heavy atom. The van der Waals surface area contributed by atoms with E-state index in [-0.39, 0.29) is 45.9 Å². The van der Waals surface area contributed by atoms with Crippen LogP contribution in [0.15, 0.2) is 106 Å². The summed E-state index contributed by atoms with van der Waals surface area (Å²) in [7, 11) is -4.00. The molecule has 0 amide bonds. The minimum absolute atomic E-state index is 0.0114. The number of pyridine rings is 1. The summed E-state index contributed by atoms with van der Waals surface area (Å²) in [5.74, 6) is -2.01. The van der Waals surface area contributed by atoms with Gasteiger partial charge in [-0.1, -0.05) is 42.5 Å². The van der Waals surface area contributed by atoms with Crippen LogP contribution in [-0.4, -0.2) is 29.6 Å². The lowest BCUT2D eigenvalue weighted by molar-refractivity contribution is 0.305. The molecule has 0 unspecified atom stereocenters. The maximum atomic E-state index is 14.2. The molecule has 1 aliphatic rings. The number of benzene rings is 4. The Labute approximate surface area is 233 Å². The van der Waals surface area contributed by atoms with Gasteiger partial charge < -0.3 is 14.4 Å². The molecule has 1 aromatic heterocycles. The highest BCUT2D eigenvalue weighted by Crippen LogP contribution is 2.36. The van der Waals surface area contributed by atoms with Gasteiger partial charge in [-0.15, -0.1) is 0 Å². The SMILES string of the molecule is O=c1c(C2=Nc3ccc(OCc4ccccc4)cc3S(=O)(=O)C2)c(O)c2cc(F)ccc2n1Cc1ccc(F)cc1. The molecular weight excluding hydrogens is 550 g/mol. The van der Waals surface area contributed by atoms with Gasteiger partial charge in [0.25, 0.3) is 5.56 Å². The minimum atomic E-state index is -4.00. The summed E-state index contributed by atoms with van der Waals surface area (Å²) in [6.45, 7) is 0.205. The second-order valence-electron chi connectivity index (χ2n) is 9.62. The lowest BCUT2D eigenvalue weighted by atomic mass is 10.1. The zero-order valence-corrected chi connectivity index (χ0v) is 22.2. The smallest absolute Gasteiger partial charge is 0.264 e. The number of fused-ring (bicyclic) bond motifs is 2. The number of aliphatic imine (C=N–C) groups is 1. The number of hydrogen-bond donors (Lipinski definition) is 1. The van der Waals surface area contributed by atoms with Crippen LogP contribution >= 0.6 is 0 Å². The van der Waals surface area contributed by atoms with Crippen molar-refractivity contribution in [2.75, 3.05) is 5.75 Å². The predicted molar refractivity (Wildman–Crippen MR) is 151 cm³/mol. The van der Waals surface area contributed by atoms with Gasteiger partial charge in [0.1, 0.15) is 35.3 Å². The van der Waals surface area contributed by atoms with Crippen LogP contribution in [0.25, 0.3) is 10.9 Å². The molecule has 0 atom stereocenters. The molecule has 0 spiro atoms. The number of rotatable bonds is 6. The summed E-state index contributed by atoms with van der Waals surface area (Å²) in [5.41, 5.74) is 0.561. The van der Waals surface area contributed by atoms with E-state index in [9.17, 15) is 27.1 Å². The molecule has 7 nitrogen and oxygen atoms in total. The van der Waals surface area contributed by atoms with E-state index < -0.39 is 38.5 Å². The first-order valence-corrected chi connectivity index (χ1v) is 14.3. The van der Waals surface area contributed by atoms with E-state index in [0.29, 0.717) is 11.3 Å². The first-order chi connectivity index (χ1) is 19.7. The maximum absolute atomic E-state index is 14.2. The molecule has 0 radical (unpaired) electrons. The summed E-state index contributed by atoms with van der Waals surface area (Å²) in [6, 6.07) is 22.9. The van der Waals surface area contributed by atoms with Crippen LogP contribution in [0, 0.1) is 11.6 Å². The van der Waals surface area contributed by atoms with E-state index in [4.69, 9.17) is 4.74 Å². The van der Waals surface area contributed by atoms with Gasteiger partial charge in [-0.25, -0.2) is 17.2 Å². The van der Waals surface area contributed by atoms with Crippen molar-refractivity contribution >= 4 is 32.1 Å². The Morgan fingerprint density at radius 2 is 1.61 bits per heavy atom. The molecule has 4 aromatic carbocycles. The highest BCUT2D eigenvalue weighted by Gasteiger charge is 2.31. The monoisotopic (exact) mass is 572 g/mol. The second-order valence-corrected chi connectivity index (χ2v) is 11.6. The van der Waals surface area contributed by atoms with Crippen molar-refractivity contribution in [1.29, 1.82) is 0 Å². The second kappa shape index (κ2) is 10.3. The van der Waals surface area contributed by atoms with Crippen LogP contribution in [0.5, 0.6) is 11.5 Å². The fourth-order valence-electron chi connectivity index (χ4n) is 4.83. The summed E-state index contributed by atoms with van der Waals surface area (Å²) in [6.07, 6.45) is 0. The Bertz CT molecular complexity index is 2010. The van der Waals surface area contributed by atoms with Crippen LogP contribution in [0.2, 0.25) is 0 Å². The molecule has 10 heteroatoms. The average molecular weight is 573 g/mol. The van der Waals surface area contributed by atoms with Gasteiger partial charge in [0.2, 0.25) is 0 Å². The fraction of sp³-hybridized carbons (Fsp3) is 0.0968. The Morgan fingerprint density at radius 1 is 0.878 bits per heavy atom. The van der Waals surface area contributed by atoms with Crippen LogP contribution in [-0.2, 0) is 23.0 Å². The third-order valence-electron chi connectivity index (χ3n) is 6.84. The molecule has 1 aliphatic heterocycles. The number of sulfone groups is 1. The van der Waals surface area contributed by atoms with Crippen molar-refractivity contribution in [3.63, 3.8) is 0 Å². The van der Waals surface area contributed by atoms with Crippen molar-refractivity contribution in [3.05, 3.63) is 130 Å².